The molecule has 1 aromatic rings. The molecule has 1 aromatic heterocycles. The zero-order valence-corrected chi connectivity index (χ0v) is 9.20. The second kappa shape index (κ2) is 5.27. The van der Waals surface area contributed by atoms with E-state index in [1.54, 1.807) is 12.4 Å². The molecule has 0 aromatic carbocycles. The van der Waals surface area contributed by atoms with Crippen LogP contribution >= 0.6 is 11.6 Å². The summed E-state index contributed by atoms with van der Waals surface area (Å²) in [5, 5.41) is 10.0. The first kappa shape index (κ1) is 11.4. The lowest BCUT2D eigenvalue weighted by Crippen LogP contribution is -2.15. The fraction of sp³-hybridized carbons (Fsp3) is 0.600. The maximum atomic E-state index is 9.59. The molecule has 0 saturated carbocycles. The summed E-state index contributed by atoms with van der Waals surface area (Å²) in [6, 6.07) is 0. The van der Waals surface area contributed by atoms with E-state index in [0.29, 0.717) is 18.0 Å². The van der Waals surface area contributed by atoms with Crippen molar-refractivity contribution in [3.05, 3.63) is 23.2 Å². The maximum Gasteiger partial charge on any atom is 0.150 e. The van der Waals surface area contributed by atoms with Crippen LogP contribution in [0.25, 0.3) is 0 Å². The van der Waals surface area contributed by atoms with Gasteiger partial charge in [0.2, 0.25) is 0 Å². The summed E-state index contributed by atoms with van der Waals surface area (Å²) in [4.78, 5) is 8.03. The molecule has 14 heavy (non-hydrogen) atoms. The molecule has 0 fully saturated rings. The van der Waals surface area contributed by atoms with Gasteiger partial charge in [-0.2, -0.15) is 0 Å². The van der Waals surface area contributed by atoms with Crippen molar-refractivity contribution in [2.75, 3.05) is 0 Å². The lowest BCUT2D eigenvalue weighted by molar-refractivity contribution is 0.116. The number of hydrogen-bond donors (Lipinski definition) is 1. The summed E-state index contributed by atoms with van der Waals surface area (Å²) in [5.41, 5.74) is 0.758. The average Bonchev–Trinajstić information content (AvgIpc) is 2.16. The number of nitrogens with zero attached hydrogens (tertiary/aromatic N) is 2. The third kappa shape index (κ3) is 3.24. The molecule has 0 amide bonds. The molecule has 78 valence electrons. The van der Waals surface area contributed by atoms with E-state index in [4.69, 9.17) is 11.6 Å². The Hall–Kier alpha value is -0.670. The molecule has 0 radical (unpaired) electrons. The van der Waals surface area contributed by atoms with Crippen molar-refractivity contribution >= 4 is 11.6 Å². The van der Waals surface area contributed by atoms with E-state index < -0.39 is 0 Å². The van der Waals surface area contributed by atoms with Crippen molar-refractivity contribution in [1.82, 2.24) is 9.97 Å². The lowest BCUT2D eigenvalue weighted by Gasteiger charge is -2.13. The summed E-state index contributed by atoms with van der Waals surface area (Å²) < 4.78 is 0. The van der Waals surface area contributed by atoms with Crippen LogP contribution in [-0.2, 0) is 6.42 Å². The third-order valence-corrected chi connectivity index (χ3v) is 2.49. The molecule has 1 heterocycles. The average molecular weight is 215 g/mol. The fourth-order valence-electron chi connectivity index (χ4n) is 1.14. The van der Waals surface area contributed by atoms with Gasteiger partial charge in [0.1, 0.15) is 5.15 Å². The van der Waals surface area contributed by atoms with Gasteiger partial charge in [0, 0.05) is 12.4 Å². The Morgan fingerprint density at radius 3 is 2.57 bits per heavy atom. The lowest BCUT2D eigenvalue weighted by atomic mass is 10.0. The smallest absolute Gasteiger partial charge is 0.150 e. The molecule has 1 unspecified atom stereocenters. The van der Waals surface area contributed by atoms with Crippen LogP contribution in [0.1, 0.15) is 26.0 Å². The van der Waals surface area contributed by atoms with E-state index in [1.165, 1.54) is 0 Å². The monoisotopic (exact) mass is 214 g/mol. The number of hydrogen-bond acceptors (Lipinski definition) is 3. The van der Waals surface area contributed by atoms with Crippen LogP contribution in [0, 0.1) is 5.92 Å². The molecule has 3 nitrogen and oxygen atoms in total. The highest BCUT2D eigenvalue weighted by Gasteiger charge is 2.10. The SMILES string of the molecule is CC(C)C(O)CCc1nccnc1Cl. The number of aromatic nitrogens is 2. The molecule has 4 heteroatoms. The minimum Gasteiger partial charge on any atom is -0.393 e. The van der Waals surface area contributed by atoms with Crippen LogP contribution in [0.3, 0.4) is 0 Å². The van der Waals surface area contributed by atoms with E-state index in [1.807, 2.05) is 13.8 Å². The molecule has 0 aliphatic carbocycles. The van der Waals surface area contributed by atoms with Gasteiger partial charge < -0.3 is 5.11 Å². The van der Waals surface area contributed by atoms with Crippen LogP contribution < -0.4 is 0 Å². The molecule has 0 spiro atoms. The quantitative estimate of drug-likeness (QED) is 0.835. The van der Waals surface area contributed by atoms with Gasteiger partial charge in [0.25, 0.3) is 0 Å². The van der Waals surface area contributed by atoms with Crippen molar-refractivity contribution in [2.24, 2.45) is 5.92 Å². The van der Waals surface area contributed by atoms with Gasteiger partial charge in [0.15, 0.2) is 0 Å². The topological polar surface area (TPSA) is 46.0 Å². The first-order valence-electron chi connectivity index (χ1n) is 4.74. The van der Waals surface area contributed by atoms with Crippen molar-refractivity contribution in [3.63, 3.8) is 0 Å². The summed E-state index contributed by atoms with van der Waals surface area (Å²) in [6.07, 6.45) is 4.23. The van der Waals surface area contributed by atoms with Gasteiger partial charge in [-0.05, 0) is 18.8 Å². The normalized spacial score (nSPS) is 13.2. The van der Waals surface area contributed by atoms with E-state index in [2.05, 4.69) is 9.97 Å². The predicted molar refractivity (Wildman–Crippen MR) is 56.2 cm³/mol. The van der Waals surface area contributed by atoms with E-state index in [-0.39, 0.29) is 12.0 Å². The molecule has 0 aliphatic heterocycles. The van der Waals surface area contributed by atoms with Crippen LogP contribution in [0.4, 0.5) is 0 Å². The van der Waals surface area contributed by atoms with Crippen molar-refractivity contribution < 1.29 is 5.11 Å². The third-order valence-electron chi connectivity index (χ3n) is 2.17. The van der Waals surface area contributed by atoms with Gasteiger partial charge in [-0.3, -0.25) is 4.98 Å². The number of halogens is 1. The zero-order valence-electron chi connectivity index (χ0n) is 8.44. The number of rotatable bonds is 4. The fourth-order valence-corrected chi connectivity index (χ4v) is 1.34. The van der Waals surface area contributed by atoms with E-state index in [0.717, 1.165) is 5.69 Å². The Kier molecular flexibility index (Phi) is 4.29. The number of aryl methyl sites for hydroxylation is 1. The molecular weight excluding hydrogens is 200 g/mol. The molecule has 1 rings (SSSR count). The minimum atomic E-state index is -0.298. The Morgan fingerprint density at radius 2 is 2.00 bits per heavy atom. The Labute approximate surface area is 89.2 Å². The van der Waals surface area contributed by atoms with Gasteiger partial charge in [-0.15, -0.1) is 0 Å². The van der Waals surface area contributed by atoms with Crippen LogP contribution in [0.15, 0.2) is 12.4 Å². The molecular formula is C10H15ClN2O. The van der Waals surface area contributed by atoms with Crippen molar-refractivity contribution in [1.29, 1.82) is 0 Å². The standard InChI is InChI=1S/C10H15ClN2O/c1-7(2)9(14)4-3-8-10(11)13-6-5-12-8/h5-7,9,14H,3-4H2,1-2H3. The highest BCUT2D eigenvalue weighted by atomic mass is 35.5. The Bertz CT molecular complexity index is 291. The highest BCUT2D eigenvalue weighted by molar-refractivity contribution is 6.29. The Balaban J connectivity index is 2.50. The van der Waals surface area contributed by atoms with Crippen molar-refractivity contribution in [2.45, 2.75) is 32.8 Å². The maximum absolute atomic E-state index is 9.59. The largest absolute Gasteiger partial charge is 0.393 e. The van der Waals surface area contributed by atoms with Gasteiger partial charge in [-0.25, -0.2) is 4.98 Å². The number of aliphatic hydroxyl groups excluding tert-OH is 1. The second-order valence-corrected chi connectivity index (χ2v) is 4.00. The van der Waals surface area contributed by atoms with Crippen LogP contribution in [0.2, 0.25) is 5.15 Å². The summed E-state index contributed by atoms with van der Waals surface area (Å²) in [7, 11) is 0. The first-order valence-corrected chi connectivity index (χ1v) is 5.12. The van der Waals surface area contributed by atoms with Crippen LogP contribution in [0.5, 0.6) is 0 Å². The summed E-state index contributed by atoms with van der Waals surface area (Å²) >= 11 is 5.83. The van der Waals surface area contributed by atoms with Crippen molar-refractivity contribution in [3.8, 4) is 0 Å². The first-order chi connectivity index (χ1) is 6.61. The molecule has 0 bridgehead atoms. The van der Waals surface area contributed by atoms with E-state index in [9.17, 15) is 5.11 Å². The Morgan fingerprint density at radius 1 is 1.36 bits per heavy atom. The predicted octanol–water partition coefficient (Wildman–Crippen LogP) is 2.08. The van der Waals surface area contributed by atoms with E-state index >= 15 is 0 Å². The van der Waals surface area contributed by atoms with Crippen LogP contribution in [-0.4, -0.2) is 21.2 Å². The van der Waals surface area contributed by atoms with Gasteiger partial charge >= 0.3 is 0 Å². The van der Waals surface area contributed by atoms with Gasteiger partial charge in [-0.1, -0.05) is 25.4 Å². The zero-order chi connectivity index (χ0) is 10.6. The molecule has 1 atom stereocenters. The van der Waals surface area contributed by atoms with Gasteiger partial charge in [0.05, 0.1) is 11.8 Å². The molecule has 0 aliphatic rings. The summed E-state index contributed by atoms with van der Waals surface area (Å²) in [5.74, 6) is 0.269. The summed E-state index contributed by atoms with van der Waals surface area (Å²) in [6.45, 7) is 3.98. The number of aliphatic hydroxyl groups is 1. The molecule has 0 saturated heterocycles. The second-order valence-electron chi connectivity index (χ2n) is 3.64. The highest BCUT2D eigenvalue weighted by Crippen LogP contribution is 2.14. The molecule has 1 N–H and O–H groups in total. The minimum absolute atomic E-state index is 0.269.